The van der Waals surface area contributed by atoms with Crippen LogP contribution in [0.25, 0.3) is 0 Å². The van der Waals surface area contributed by atoms with Crippen molar-refractivity contribution in [2.24, 2.45) is 5.92 Å². The van der Waals surface area contributed by atoms with Crippen molar-refractivity contribution < 1.29 is 18.4 Å². The standard InChI is InChI=1S/C22H17Cl5F2N2O2/c1-31(12-8-21(28,29)9-12)20(33)13-7-11(3-5-14(13)23)30-19(32)18-17(22(18,26)27)10-2-4-15(24)16(25)6-10/h2-7,12,17-18H,8-9H2,1H3,(H,30,32)/t17-,18+/m0/s1. The van der Waals surface area contributed by atoms with Gasteiger partial charge >= 0.3 is 0 Å². The van der Waals surface area contributed by atoms with Crippen LogP contribution in [-0.2, 0) is 4.79 Å². The van der Waals surface area contributed by atoms with Crippen LogP contribution in [0, 0.1) is 5.92 Å². The van der Waals surface area contributed by atoms with Crippen molar-refractivity contribution in [2.75, 3.05) is 12.4 Å². The van der Waals surface area contributed by atoms with Gasteiger partial charge in [0.25, 0.3) is 11.8 Å². The number of anilines is 1. The van der Waals surface area contributed by atoms with E-state index in [2.05, 4.69) is 5.32 Å². The molecule has 2 saturated carbocycles. The van der Waals surface area contributed by atoms with Crippen LogP contribution in [0.1, 0.15) is 34.7 Å². The Balaban J connectivity index is 1.48. The van der Waals surface area contributed by atoms with Gasteiger partial charge in [0.05, 0.1) is 26.5 Å². The summed E-state index contributed by atoms with van der Waals surface area (Å²) >= 11 is 30.9. The molecule has 4 nitrogen and oxygen atoms in total. The van der Waals surface area contributed by atoms with Crippen LogP contribution >= 0.6 is 58.0 Å². The van der Waals surface area contributed by atoms with Crippen molar-refractivity contribution >= 4 is 75.5 Å². The van der Waals surface area contributed by atoms with Gasteiger partial charge in [-0.25, -0.2) is 8.78 Å². The van der Waals surface area contributed by atoms with E-state index in [1.807, 2.05) is 0 Å². The third-order valence-electron chi connectivity index (χ3n) is 6.04. The Kier molecular flexibility index (Phi) is 6.56. The molecule has 1 N–H and O–H groups in total. The number of alkyl halides is 4. The fourth-order valence-corrected chi connectivity index (χ4v) is 5.35. The van der Waals surface area contributed by atoms with E-state index < -0.39 is 52.8 Å². The number of nitrogens with one attached hydrogen (secondary N) is 1. The summed E-state index contributed by atoms with van der Waals surface area (Å²) in [5.74, 6) is -5.00. The first-order chi connectivity index (χ1) is 15.3. The molecule has 0 spiro atoms. The van der Waals surface area contributed by atoms with Gasteiger partial charge in [-0.05, 0) is 35.9 Å². The lowest BCUT2D eigenvalue weighted by molar-refractivity contribution is -0.117. The summed E-state index contributed by atoms with van der Waals surface area (Å²) < 4.78 is 25.0. The van der Waals surface area contributed by atoms with E-state index in [9.17, 15) is 18.4 Å². The van der Waals surface area contributed by atoms with Crippen LogP contribution < -0.4 is 5.32 Å². The second-order valence-electron chi connectivity index (χ2n) is 8.32. The Bertz CT molecular complexity index is 1140. The van der Waals surface area contributed by atoms with Crippen molar-refractivity contribution in [3.05, 3.63) is 62.6 Å². The molecular formula is C22H17Cl5F2N2O2. The zero-order valence-electron chi connectivity index (χ0n) is 17.0. The number of rotatable bonds is 5. The second-order valence-corrected chi connectivity index (χ2v) is 11.0. The van der Waals surface area contributed by atoms with Gasteiger partial charge in [-0.1, -0.05) is 40.9 Å². The van der Waals surface area contributed by atoms with Gasteiger partial charge in [0.2, 0.25) is 5.91 Å². The molecule has 0 radical (unpaired) electrons. The van der Waals surface area contributed by atoms with E-state index in [1.165, 1.54) is 30.1 Å². The molecule has 33 heavy (non-hydrogen) atoms. The maximum Gasteiger partial charge on any atom is 0.255 e. The number of hydrogen-bond acceptors (Lipinski definition) is 2. The lowest BCUT2D eigenvalue weighted by Gasteiger charge is -2.40. The smallest absolute Gasteiger partial charge is 0.255 e. The summed E-state index contributed by atoms with van der Waals surface area (Å²) in [6.07, 6.45) is -0.789. The molecule has 0 unspecified atom stereocenters. The molecule has 0 aromatic heterocycles. The van der Waals surface area contributed by atoms with Crippen molar-refractivity contribution in [3.63, 3.8) is 0 Å². The fourth-order valence-electron chi connectivity index (χ4n) is 4.02. The summed E-state index contributed by atoms with van der Waals surface area (Å²) in [6, 6.07) is 8.71. The van der Waals surface area contributed by atoms with Gasteiger partial charge in [0.15, 0.2) is 0 Å². The Morgan fingerprint density at radius 3 is 2.24 bits per heavy atom. The summed E-state index contributed by atoms with van der Waals surface area (Å²) in [5, 5.41) is 3.52. The molecule has 176 valence electrons. The molecule has 2 aromatic carbocycles. The van der Waals surface area contributed by atoms with Gasteiger partial charge < -0.3 is 10.2 Å². The first kappa shape index (κ1) is 24.8. The van der Waals surface area contributed by atoms with E-state index >= 15 is 0 Å². The molecule has 0 heterocycles. The monoisotopic (exact) mass is 554 g/mol. The number of benzene rings is 2. The fraction of sp³-hybridized carbons (Fsp3) is 0.364. The van der Waals surface area contributed by atoms with Crippen LogP contribution in [0.4, 0.5) is 14.5 Å². The third kappa shape index (κ3) is 4.78. The van der Waals surface area contributed by atoms with Gasteiger partial charge in [-0.3, -0.25) is 9.59 Å². The zero-order chi connectivity index (χ0) is 24.3. The molecule has 4 rings (SSSR count). The molecule has 2 atom stereocenters. The van der Waals surface area contributed by atoms with Crippen LogP contribution in [0.15, 0.2) is 36.4 Å². The van der Waals surface area contributed by atoms with Gasteiger partial charge in [0.1, 0.15) is 4.33 Å². The lowest BCUT2D eigenvalue weighted by atomic mass is 9.87. The van der Waals surface area contributed by atoms with Crippen LogP contribution in [0.2, 0.25) is 15.1 Å². The third-order valence-corrected chi connectivity index (χ3v) is 8.05. The summed E-state index contributed by atoms with van der Waals surface area (Å²) in [6.45, 7) is 0. The zero-order valence-corrected chi connectivity index (χ0v) is 20.8. The van der Waals surface area contributed by atoms with E-state index in [0.29, 0.717) is 21.3 Å². The second kappa shape index (κ2) is 8.72. The van der Waals surface area contributed by atoms with E-state index in [-0.39, 0.29) is 10.6 Å². The molecule has 2 aromatic rings. The van der Waals surface area contributed by atoms with Crippen LogP contribution in [0.5, 0.6) is 0 Å². The van der Waals surface area contributed by atoms with Crippen molar-refractivity contribution in [2.45, 2.75) is 35.1 Å². The number of halogens is 7. The predicted molar refractivity (Wildman–Crippen MR) is 127 cm³/mol. The number of amides is 2. The van der Waals surface area contributed by atoms with Crippen LogP contribution in [0.3, 0.4) is 0 Å². The average Bonchev–Trinajstić information content (AvgIpc) is 3.30. The van der Waals surface area contributed by atoms with E-state index in [4.69, 9.17) is 58.0 Å². The van der Waals surface area contributed by atoms with Crippen molar-refractivity contribution in [1.29, 1.82) is 0 Å². The Morgan fingerprint density at radius 1 is 1.00 bits per heavy atom. The lowest BCUT2D eigenvalue weighted by Crippen LogP contribution is -2.51. The molecule has 0 saturated heterocycles. The van der Waals surface area contributed by atoms with E-state index in [1.54, 1.807) is 18.2 Å². The molecule has 2 aliphatic rings. The largest absolute Gasteiger partial charge is 0.338 e. The number of hydrogen-bond donors (Lipinski definition) is 1. The van der Waals surface area contributed by atoms with Crippen molar-refractivity contribution in [1.82, 2.24) is 4.90 Å². The minimum absolute atomic E-state index is 0.0898. The van der Waals surface area contributed by atoms with Gasteiger partial charge in [-0.2, -0.15) is 0 Å². The highest BCUT2D eigenvalue weighted by atomic mass is 35.5. The maximum absolute atomic E-state index is 13.2. The highest BCUT2D eigenvalue weighted by Gasteiger charge is 2.67. The van der Waals surface area contributed by atoms with Gasteiger partial charge in [-0.15, -0.1) is 23.2 Å². The summed E-state index contributed by atoms with van der Waals surface area (Å²) in [5.41, 5.74) is 1.05. The first-order valence-electron chi connectivity index (χ1n) is 9.90. The van der Waals surface area contributed by atoms with Gasteiger partial charge in [0, 0.05) is 37.5 Å². The van der Waals surface area contributed by atoms with Crippen molar-refractivity contribution in [3.8, 4) is 0 Å². The Morgan fingerprint density at radius 2 is 1.64 bits per heavy atom. The summed E-state index contributed by atoms with van der Waals surface area (Å²) in [4.78, 5) is 27.0. The number of carbonyl (C=O) groups is 2. The molecule has 11 heteroatoms. The number of nitrogens with zero attached hydrogens (tertiary/aromatic N) is 1. The highest BCUT2D eigenvalue weighted by Crippen LogP contribution is 2.65. The quantitative estimate of drug-likeness (QED) is 0.402. The predicted octanol–water partition coefficient (Wildman–Crippen LogP) is 7.04. The minimum Gasteiger partial charge on any atom is -0.338 e. The number of carbonyl (C=O) groups excluding carboxylic acids is 2. The molecule has 0 bridgehead atoms. The summed E-state index contributed by atoms with van der Waals surface area (Å²) in [7, 11) is 1.45. The Hall–Kier alpha value is -1.31. The maximum atomic E-state index is 13.2. The minimum atomic E-state index is -2.76. The molecule has 0 aliphatic heterocycles. The molecule has 2 amide bonds. The molecular weight excluding hydrogens is 540 g/mol. The Labute approximate surface area is 214 Å². The van der Waals surface area contributed by atoms with Crippen LogP contribution in [-0.4, -0.2) is 40.1 Å². The normalized spacial score (nSPS) is 22.9. The highest BCUT2D eigenvalue weighted by molar-refractivity contribution is 6.53. The first-order valence-corrected chi connectivity index (χ1v) is 11.8. The average molecular weight is 557 g/mol. The van der Waals surface area contributed by atoms with E-state index in [0.717, 1.165) is 0 Å². The molecule has 2 aliphatic carbocycles. The topological polar surface area (TPSA) is 49.4 Å². The SMILES string of the molecule is CN(C(=O)c1cc(NC(=O)[C@H]2[C@H](c3ccc(Cl)c(Cl)c3)C2(Cl)Cl)ccc1Cl)C1CC(F)(F)C1. The molecule has 2 fully saturated rings.